The van der Waals surface area contributed by atoms with E-state index in [4.69, 9.17) is 9.63 Å². The molecule has 0 aliphatic carbocycles. The van der Waals surface area contributed by atoms with Gasteiger partial charge in [-0.2, -0.15) is 0 Å². The number of aromatic nitrogens is 2. The van der Waals surface area contributed by atoms with Crippen LogP contribution in [0, 0.1) is 0 Å². The highest BCUT2D eigenvalue weighted by Crippen LogP contribution is 2.29. The van der Waals surface area contributed by atoms with E-state index >= 15 is 0 Å². The summed E-state index contributed by atoms with van der Waals surface area (Å²) in [5.41, 5.74) is 1.46. The molecule has 0 amide bonds. The molecule has 19 heavy (non-hydrogen) atoms. The average molecular weight is 258 g/mol. The molecular weight excluding hydrogens is 248 g/mol. The minimum absolute atomic E-state index is 0.136. The molecule has 1 aromatic carbocycles. The molecule has 0 unspecified atom stereocenters. The Morgan fingerprint density at radius 2 is 2.11 bits per heavy atom. The van der Waals surface area contributed by atoms with Crippen molar-refractivity contribution in [3.05, 3.63) is 36.0 Å². The molecule has 96 valence electrons. The standard InChI is InChI=1S/C13H10N2O4/c1-15-10-3-2-8(16)4-7(10)5-11(15)12-6-9(13(17)18)14-19-12/h2-6,16H,1H3,(H,17,18). The largest absolute Gasteiger partial charge is 0.508 e. The number of nitrogens with zero attached hydrogens (tertiary/aromatic N) is 2. The van der Waals surface area contributed by atoms with Crippen LogP contribution in [-0.2, 0) is 7.05 Å². The number of aryl methyl sites for hydroxylation is 1. The van der Waals surface area contributed by atoms with Gasteiger partial charge in [-0.15, -0.1) is 0 Å². The van der Waals surface area contributed by atoms with Gasteiger partial charge in [-0.05, 0) is 24.3 Å². The van der Waals surface area contributed by atoms with Crippen LogP contribution in [0.5, 0.6) is 5.75 Å². The number of fused-ring (bicyclic) bond motifs is 1. The van der Waals surface area contributed by atoms with Crippen molar-refractivity contribution in [2.24, 2.45) is 7.05 Å². The average Bonchev–Trinajstić information content (AvgIpc) is 2.94. The van der Waals surface area contributed by atoms with Gasteiger partial charge in [-0.3, -0.25) is 0 Å². The molecule has 0 radical (unpaired) electrons. The van der Waals surface area contributed by atoms with E-state index in [2.05, 4.69) is 5.16 Å². The van der Waals surface area contributed by atoms with Crippen LogP contribution in [0.2, 0.25) is 0 Å². The van der Waals surface area contributed by atoms with Crippen LogP contribution in [0.4, 0.5) is 0 Å². The summed E-state index contributed by atoms with van der Waals surface area (Å²) in [4.78, 5) is 10.8. The zero-order valence-electron chi connectivity index (χ0n) is 9.99. The third kappa shape index (κ3) is 1.74. The summed E-state index contributed by atoms with van der Waals surface area (Å²) in [5.74, 6) is -0.588. The molecule has 0 bridgehead atoms. The molecule has 0 fully saturated rings. The Balaban J connectivity index is 2.18. The lowest BCUT2D eigenvalue weighted by Crippen LogP contribution is -1.94. The number of hydrogen-bond acceptors (Lipinski definition) is 4. The van der Waals surface area contributed by atoms with Gasteiger partial charge in [-0.1, -0.05) is 5.16 Å². The lowest BCUT2D eigenvalue weighted by atomic mass is 10.2. The third-order valence-corrected chi connectivity index (χ3v) is 3.01. The molecule has 2 heterocycles. The van der Waals surface area contributed by atoms with Crippen molar-refractivity contribution in [3.8, 4) is 17.2 Å². The highest BCUT2D eigenvalue weighted by atomic mass is 16.5. The number of phenolic OH excluding ortho intramolecular Hbond substituents is 1. The molecule has 6 heteroatoms. The summed E-state index contributed by atoms with van der Waals surface area (Å²) in [5, 5.41) is 22.6. The van der Waals surface area contributed by atoms with Gasteiger partial charge in [0.2, 0.25) is 0 Å². The fourth-order valence-electron chi connectivity index (χ4n) is 2.07. The predicted octanol–water partition coefficient (Wildman–Crippen LogP) is 2.24. The predicted molar refractivity (Wildman–Crippen MR) is 67.0 cm³/mol. The summed E-state index contributed by atoms with van der Waals surface area (Å²) >= 11 is 0. The molecule has 3 aromatic rings. The van der Waals surface area contributed by atoms with Gasteiger partial charge < -0.3 is 19.3 Å². The third-order valence-electron chi connectivity index (χ3n) is 3.01. The number of carboxylic acid groups (broad SMARTS) is 1. The smallest absolute Gasteiger partial charge is 0.358 e. The molecule has 3 rings (SSSR count). The molecular formula is C13H10N2O4. The summed E-state index contributed by atoms with van der Waals surface area (Å²) in [6, 6.07) is 8.18. The van der Waals surface area contributed by atoms with Crippen molar-refractivity contribution >= 4 is 16.9 Å². The van der Waals surface area contributed by atoms with Crippen LogP contribution in [-0.4, -0.2) is 25.9 Å². The molecule has 0 saturated carbocycles. The van der Waals surface area contributed by atoms with Gasteiger partial charge in [0.15, 0.2) is 11.5 Å². The molecule has 0 aliphatic heterocycles. The van der Waals surface area contributed by atoms with Crippen LogP contribution in [0.3, 0.4) is 0 Å². The minimum atomic E-state index is -1.13. The maximum Gasteiger partial charge on any atom is 0.358 e. The topological polar surface area (TPSA) is 88.5 Å². The Bertz CT molecular complexity index is 785. The number of aromatic carboxylic acids is 1. The van der Waals surface area contributed by atoms with E-state index in [-0.39, 0.29) is 11.4 Å². The Hall–Kier alpha value is -2.76. The van der Waals surface area contributed by atoms with Crippen molar-refractivity contribution in [2.45, 2.75) is 0 Å². The van der Waals surface area contributed by atoms with Crippen molar-refractivity contribution in [3.63, 3.8) is 0 Å². The van der Waals surface area contributed by atoms with Crippen molar-refractivity contribution in [1.29, 1.82) is 0 Å². The number of aromatic hydroxyl groups is 1. The van der Waals surface area contributed by atoms with Crippen LogP contribution in [0.1, 0.15) is 10.5 Å². The lowest BCUT2D eigenvalue weighted by Gasteiger charge is -1.99. The summed E-state index contributed by atoms with van der Waals surface area (Å²) < 4.78 is 6.89. The first-order valence-electron chi connectivity index (χ1n) is 5.55. The molecule has 2 N–H and O–H groups in total. The van der Waals surface area contributed by atoms with Crippen LogP contribution < -0.4 is 0 Å². The van der Waals surface area contributed by atoms with Crippen LogP contribution in [0.15, 0.2) is 34.9 Å². The highest BCUT2D eigenvalue weighted by Gasteiger charge is 2.16. The van der Waals surface area contributed by atoms with E-state index in [0.29, 0.717) is 11.5 Å². The number of phenols is 1. The van der Waals surface area contributed by atoms with Gasteiger partial charge in [-0.25, -0.2) is 4.79 Å². The SMILES string of the molecule is Cn1c(-c2cc(C(=O)O)no2)cc2cc(O)ccc21. The molecule has 0 aliphatic rings. The van der Waals surface area contributed by atoms with Gasteiger partial charge in [0.25, 0.3) is 0 Å². The van der Waals surface area contributed by atoms with Gasteiger partial charge in [0.05, 0.1) is 5.69 Å². The van der Waals surface area contributed by atoms with E-state index in [1.807, 2.05) is 11.6 Å². The Morgan fingerprint density at radius 3 is 2.79 bits per heavy atom. The van der Waals surface area contributed by atoms with Crippen LogP contribution >= 0.6 is 0 Å². The summed E-state index contributed by atoms with van der Waals surface area (Å²) in [6.07, 6.45) is 0. The minimum Gasteiger partial charge on any atom is -0.508 e. The van der Waals surface area contributed by atoms with E-state index in [1.54, 1.807) is 24.3 Å². The quantitative estimate of drug-likeness (QED) is 0.735. The van der Waals surface area contributed by atoms with Crippen molar-refractivity contribution in [2.75, 3.05) is 0 Å². The first kappa shape index (κ1) is 11.3. The molecule has 0 spiro atoms. The first-order chi connectivity index (χ1) is 9.06. The highest BCUT2D eigenvalue weighted by molar-refractivity contribution is 5.89. The number of carboxylic acids is 1. The fraction of sp³-hybridized carbons (Fsp3) is 0.0769. The zero-order valence-corrected chi connectivity index (χ0v) is 9.99. The number of benzene rings is 1. The maximum atomic E-state index is 10.8. The molecule has 2 aromatic heterocycles. The Labute approximate surface area is 107 Å². The fourth-order valence-corrected chi connectivity index (χ4v) is 2.07. The second kappa shape index (κ2) is 3.88. The lowest BCUT2D eigenvalue weighted by molar-refractivity contribution is 0.0686. The zero-order chi connectivity index (χ0) is 13.6. The monoisotopic (exact) mass is 258 g/mol. The van der Waals surface area contributed by atoms with E-state index < -0.39 is 5.97 Å². The number of rotatable bonds is 2. The van der Waals surface area contributed by atoms with Crippen LogP contribution in [0.25, 0.3) is 22.4 Å². The first-order valence-corrected chi connectivity index (χ1v) is 5.55. The molecule has 0 atom stereocenters. The Morgan fingerprint density at radius 1 is 1.32 bits per heavy atom. The normalized spacial score (nSPS) is 11.0. The Kier molecular flexibility index (Phi) is 2.31. The number of hydrogen-bond donors (Lipinski definition) is 2. The van der Waals surface area contributed by atoms with E-state index in [1.165, 1.54) is 6.07 Å². The van der Waals surface area contributed by atoms with Gasteiger partial charge >= 0.3 is 5.97 Å². The molecule has 6 nitrogen and oxygen atoms in total. The number of carbonyl (C=O) groups is 1. The van der Waals surface area contributed by atoms with Gasteiger partial charge in [0.1, 0.15) is 5.75 Å². The van der Waals surface area contributed by atoms with E-state index in [0.717, 1.165) is 10.9 Å². The summed E-state index contributed by atoms with van der Waals surface area (Å²) in [6.45, 7) is 0. The van der Waals surface area contributed by atoms with E-state index in [9.17, 15) is 9.90 Å². The summed E-state index contributed by atoms with van der Waals surface area (Å²) in [7, 11) is 1.83. The van der Waals surface area contributed by atoms with Gasteiger partial charge in [0, 0.05) is 24.0 Å². The maximum absolute atomic E-state index is 10.8. The van der Waals surface area contributed by atoms with Crippen molar-refractivity contribution < 1.29 is 19.5 Å². The second-order valence-electron chi connectivity index (χ2n) is 4.21. The second-order valence-corrected chi connectivity index (χ2v) is 4.21. The molecule has 0 saturated heterocycles. The van der Waals surface area contributed by atoms with Crippen molar-refractivity contribution in [1.82, 2.24) is 9.72 Å².